The Kier molecular flexibility index (Phi) is 3.69. The number of aromatic nitrogens is 2. The smallest absolute Gasteiger partial charge is 0.265 e. The minimum atomic E-state index is -0.144. The van der Waals surface area contributed by atoms with E-state index in [4.69, 9.17) is 0 Å². The van der Waals surface area contributed by atoms with Crippen molar-refractivity contribution >= 4 is 17.4 Å². The molecule has 2 rings (SSSR count). The zero-order valence-electron chi connectivity index (χ0n) is 12.4. The summed E-state index contributed by atoms with van der Waals surface area (Å²) in [4.78, 5) is 13.0. The summed E-state index contributed by atoms with van der Waals surface area (Å²) in [7, 11) is 0. The summed E-state index contributed by atoms with van der Waals surface area (Å²) in [5.74, 6) is -0.0115. The Morgan fingerprint density at radius 2 is 2.11 bits per heavy atom. The summed E-state index contributed by atoms with van der Waals surface area (Å²) in [5, 5.41) is 7.26. The zero-order valence-corrected chi connectivity index (χ0v) is 13.2. The molecule has 5 heteroatoms. The average Bonchev–Trinajstić information content (AvgIpc) is 2.83. The van der Waals surface area contributed by atoms with Gasteiger partial charge in [0.1, 0.15) is 4.88 Å². The van der Waals surface area contributed by atoms with Crippen molar-refractivity contribution in [3.8, 4) is 0 Å². The van der Waals surface area contributed by atoms with Crippen LogP contribution in [-0.4, -0.2) is 21.5 Å². The van der Waals surface area contributed by atoms with Crippen LogP contribution in [-0.2, 0) is 5.41 Å². The van der Waals surface area contributed by atoms with Gasteiger partial charge in [0.25, 0.3) is 5.91 Å². The number of hydrogen-bond donors (Lipinski definition) is 1. The summed E-state index contributed by atoms with van der Waals surface area (Å²) in [5.41, 5.74) is 0.998. The van der Waals surface area contributed by atoms with Crippen LogP contribution in [0.1, 0.15) is 69.2 Å². The number of nitrogens with one attached hydrogen (secondary N) is 1. The van der Waals surface area contributed by atoms with E-state index >= 15 is 0 Å². The largest absolute Gasteiger partial charge is 0.348 e. The van der Waals surface area contributed by atoms with Gasteiger partial charge in [0.2, 0.25) is 0 Å². The molecule has 0 spiro atoms. The minimum Gasteiger partial charge on any atom is -0.348 e. The van der Waals surface area contributed by atoms with Crippen molar-refractivity contribution in [2.45, 2.75) is 65.3 Å². The third-order valence-electron chi connectivity index (χ3n) is 3.71. The lowest BCUT2D eigenvalue weighted by Gasteiger charge is -2.19. The predicted octanol–water partition coefficient (Wildman–Crippen LogP) is 3.14. The molecular formula is C14H23N3OS. The topological polar surface area (TPSA) is 54.9 Å². The first-order valence-electron chi connectivity index (χ1n) is 6.83. The molecule has 1 heterocycles. The van der Waals surface area contributed by atoms with Gasteiger partial charge >= 0.3 is 0 Å². The van der Waals surface area contributed by atoms with Crippen molar-refractivity contribution in [1.29, 1.82) is 0 Å². The lowest BCUT2D eigenvalue weighted by Crippen LogP contribution is -2.34. The van der Waals surface area contributed by atoms with Gasteiger partial charge in [-0.3, -0.25) is 4.79 Å². The van der Waals surface area contributed by atoms with Gasteiger partial charge in [-0.25, -0.2) is 0 Å². The molecule has 1 N–H and O–H groups in total. The van der Waals surface area contributed by atoms with E-state index in [9.17, 15) is 4.79 Å². The second-order valence-corrected chi connectivity index (χ2v) is 8.03. The van der Waals surface area contributed by atoms with Crippen LogP contribution in [0, 0.1) is 5.41 Å². The van der Waals surface area contributed by atoms with E-state index in [-0.39, 0.29) is 17.4 Å². The summed E-state index contributed by atoms with van der Waals surface area (Å²) >= 11 is 1.19. The highest BCUT2D eigenvalue weighted by molar-refractivity contribution is 7.08. The number of nitrogens with zero attached hydrogens (tertiary/aromatic N) is 2. The third kappa shape index (κ3) is 3.32. The summed E-state index contributed by atoms with van der Waals surface area (Å²) in [6.07, 6.45) is 3.29. The van der Waals surface area contributed by atoms with Crippen molar-refractivity contribution in [2.24, 2.45) is 5.41 Å². The van der Waals surface area contributed by atoms with Crippen molar-refractivity contribution in [3.63, 3.8) is 0 Å². The van der Waals surface area contributed by atoms with E-state index < -0.39 is 0 Å². The predicted molar refractivity (Wildman–Crippen MR) is 77.5 cm³/mol. The number of hydrogen-bond acceptors (Lipinski definition) is 4. The van der Waals surface area contributed by atoms with Gasteiger partial charge in [-0.15, -0.1) is 5.10 Å². The van der Waals surface area contributed by atoms with E-state index in [1.165, 1.54) is 18.0 Å². The first-order chi connectivity index (χ1) is 8.69. The highest BCUT2D eigenvalue weighted by atomic mass is 32.1. The second-order valence-electron chi connectivity index (χ2n) is 7.28. The lowest BCUT2D eigenvalue weighted by molar-refractivity contribution is 0.0937. The van der Waals surface area contributed by atoms with Gasteiger partial charge in [0, 0.05) is 11.5 Å². The Morgan fingerprint density at radius 1 is 1.42 bits per heavy atom. The van der Waals surface area contributed by atoms with Crippen LogP contribution >= 0.6 is 11.5 Å². The molecule has 1 fully saturated rings. The molecule has 0 bridgehead atoms. The number of amides is 1. The van der Waals surface area contributed by atoms with Crippen molar-refractivity contribution in [3.05, 3.63) is 10.6 Å². The van der Waals surface area contributed by atoms with Crippen LogP contribution in [0.25, 0.3) is 0 Å². The molecule has 0 saturated heterocycles. The molecule has 0 aromatic carbocycles. The van der Waals surface area contributed by atoms with E-state index in [1.807, 2.05) is 0 Å². The Labute approximate surface area is 119 Å². The van der Waals surface area contributed by atoms with E-state index in [0.717, 1.165) is 18.5 Å². The normalized spacial score (nSPS) is 22.5. The molecule has 4 nitrogen and oxygen atoms in total. The molecule has 19 heavy (non-hydrogen) atoms. The van der Waals surface area contributed by atoms with Crippen molar-refractivity contribution in [2.75, 3.05) is 0 Å². The molecule has 1 aromatic rings. The van der Waals surface area contributed by atoms with E-state index in [0.29, 0.717) is 10.3 Å². The number of rotatable bonds is 2. The molecular weight excluding hydrogens is 258 g/mol. The summed E-state index contributed by atoms with van der Waals surface area (Å²) in [6, 6.07) is 0.289. The van der Waals surface area contributed by atoms with E-state index in [2.05, 4.69) is 49.5 Å². The van der Waals surface area contributed by atoms with Crippen LogP contribution in [0.4, 0.5) is 0 Å². The molecule has 1 atom stereocenters. The molecule has 0 aliphatic heterocycles. The van der Waals surface area contributed by atoms with Gasteiger partial charge in [-0.05, 0) is 36.2 Å². The van der Waals surface area contributed by atoms with Crippen molar-refractivity contribution in [1.82, 2.24) is 14.9 Å². The molecule has 1 aliphatic carbocycles. The zero-order chi connectivity index (χ0) is 14.3. The molecule has 0 radical (unpaired) electrons. The lowest BCUT2D eigenvalue weighted by atomic mass is 9.91. The van der Waals surface area contributed by atoms with Gasteiger partial charge < -0.3 is 5.32 Å². The fourth-order valence-corrected chi connectivity index (χ4v) is 3.42. The number of carbonyl (C=O) groups is 1. The standard InChI is InChI=1S/C14H23N3OS/c1-13(2,3)11-10(19-17-16-11)12(18)15-9-6-7-14(4,5)8-9/h9H,6-8H2,1-5H3,(H,15,18). The Hall–Kier alpha value is -0.970. The average molecular weight is 281 g/mol. The van der Waals surface area contributed by atoms with Gasteiger partial charge in [-0.2, -0.15) is 0 Å². The number of carbonyl (C=O) groups excluding carboxylic acids is 1. The molecule has 1 unspecified atom stereocenters. The monoisotopic (exact) mass is 281 g/mol. The summed E-state index contributed by atoms with van der Waals surface area (Å²) in [6.45, 7) is 10.7. The maximum absolute atomic E-state index is 12.4. The third-order valence-corrected chi connectivity index (χ3v) is 4.43. The van der Waals surface area contributed by atoms with Crippen LogP contribution < -0.4 is 5.32 Å². The molecule has 106 valence electrons. The van der Waals surface area contributed by atoms with Crippen LogP contribution in [0.15, 0.2) is 0 Å². The Morgan fingerprint density at radius 3 is 2.63 bits per heavy atom. The van der Waals surface area contributed by atoms with E-state index in [1.54, 1.807) is 0 Å². The maximum Gasteiger partial charge on any atom is 0.265 e. The SMILES string of the molecule is CC1(C)CCC(NC(=O)c2snnc2C(C)(C)C)C1. The fraction of sp³-hybridized carbons (Fsp3) is 0.786. The van der Waals surface area contributed by atoms with Crippen LogP contribution in [0.5, 0.6) is 0 Å². The van der Waals surface area contributed by atoms with Gasteiger partial charge in [0.05, 0.1) is 5.69 Å². The van der Waals surface area contributed by atoms with Crippen LogP contribution in [0.2, 0.25) is 0 Å². The fourth-order valence-electron chi connectivity index (χ4n) is 2.64. The highest BCUT2D eigenvalue weighted by Crippen LogP contribution is 2.37. The molecule has 1 amide bonds. The molecule has 1 aromatic heterocycles. The van der Waals surface area contributed by atoms with Crippen LogP contribution in [0.3, 0.4) is 0 Å². The maximum atomic E-state index is 12.4. The van der Waals surface area contributed by atoms with Gasteiger partial charge in [0.15, 0.2) is 0 Å². The minimum absolute atomic E-state index is 0.0115. The molecule has 1 aliphatic rings. The first-order valence-corrected chi connectivity index (χ1v) is 7.60. The van der Waals surface area contributed by atoms with Gasteiger partial charge in [-0.1, -0.05) is 39.1 Å². The Balaban J connectivity index is 2.08. The Bertz CT molecular complexity index is 473. The molecule has 1 saturated carbocycles. The summed E-state index contributed by atoms with van der Waals surface area (Å²) < 4.78 is 3.94. The quantitative estimate of drug-likeness (QED) is 0.906. The second kappa shape index (κ2) is 4.85. The highest BCUT2D eigenvalue weighted by Gasteiger charge is 2.33. The first kappa shape index (κ1) is 14.4. The van der Waals surface area contributed by atoms with Crippen molar-refractivity contribution < 1.29 is 4.79 Å².